The zero-order valence-electron chi connectivity index (χ0n) is 11.9. The summed E-state index contributed by atoms with van der Waals surface area (Å²) in [5, 5.41) is 3.47. The van der Waals surface area contributed by atoms with Crippen LogP contribution in [0.15, 0.2) is 18.2 Å². The number of nitrogens with one attached hydrogen (secondary N) is 1. The van der Waals surface area contributed by atoms with Crippen LogP contribution in [0.25, 0.3) is 0 Å². The van der Waals surface area contributed by atoms with Gasteiger partial charge in [0.25, 0.3) is 0 Å². The minimum absolute atomic E-state index is 0.466. The van der Waals surface area contributed by atoms with Crippen molar-refractivity contribution in [2.24, 2.45) is 0 Å². The predicted molar refractivity (Wildman–Crippen MR) is 88.5 cm³/mol. The number of hydrogen-bond donors (Lipinski definition) is 1. The SMILES string of the molecule is CNC(CCCC1CCCO1)c1cccc(C)c1I. The van der Waals surface area contributed by atoms with Gasteiger partial charge < -0.3 is 10.1 Å². The minimum Gasteiger partial charge on any atom is -0.378 e. The van der Waals surface area contributed by atoms with E-state index in [0.717, 1.165) is 6.61 Å². The molecule has 2 rings (SSSR count). The Morgan fingerprint density at radius 2 is 2.32 bits per heavy atom. The molecule has 1 aliphatic heterocycles. The third-order valence-corrected chi connectivity index (χ3v) is 5.46. The molecule has 0 aromatic heterocycles. The van der Waals surface area contributed by atoms with E-state index in [1.54, 1.807) is 0 Å². The van der Waals surface area contributed by atoms with E-state index in [0.29, 0.717) is 12.1 Å². The molecule has 2 nitrogen and oxygen atoms in total. The fourth-order valence-electron chi connectivity index (χ4n) is 2.82. The second-order valence-corrected chi connectivity index (χ2v) is 6.46. The second-order valence-electron chi connectivity index (χ2n) is 5.39. The molecule has 0 aliphatic carbocycles. The predicted octanol–water partition coefficient (Wildman–Crippen LogP) is 4.21. The van der Waals surface area contributed by atoms with Crippen molar-refractivity contribution in [2.75, 3.05) is 13.7 Å². The van der Waals surface area contributed by atoms with Crippen LogP contribution in [0.3, 0.4) is 0 Å². The monoisotopic (exact) mass is 373 g/mol. The number of halogens is 1. The number of aryl methyl sites for hydroxylation is 1. The molecule has 0 spiro atoms. The quantitative estimate of drug-likeness (QED) is 0.755. The zero-order valence-corrected chi connectivity index (χ0v) is 14.1. The first-order chi connectivity index (χ1) is 9.22. The Bertz CT molecular complexity index is 402. The first kappa shape index (κ1) is 15.3. The molecule has 19 heavy (non-hydrogen) atoms. The van der Waals surface area contributed by atoms with Gasteiger partial charge in [-0.3, -0.25) is 0 Å². The van der Waals surface area contributed by atoms with E-state index in [1.165, 1.54) is 46.8 Å². The maximum atomic E-state index is 5.70. The van der Waals surface area contributed by atoms with Gasteiger partial charge in [0.1, 0.15) is 0 Å². The van der Waals surface area contributed by atoms with E-state index in [4.69, 9.17) is 4.74 Å². The molecular formula is C16H24INO. The summed E-state index contributed by atoms with van der Waals surface area (Å²) in [5.41, 5.74) is 2.81. The third-order valence-electron chi connectivity index (χ3n) is 3.99. The highest BCUT2D eigenvalue weighted by molar-refractivity contribution is 14.1. The maximum Gasteiger partial charge on any atom is 0.0576 e. The molecule has 1 aromatic rings. The van der Waals surface area contributed by atoms with Crippen molar-refractivity contribution in [3.8, 4) is 0 Å². The van der Waals surface area contributed by atoms with Gasteiger partial charge in [-0.25, -0.2) is 0 Å². The molecule has 0 amide bonds. The highest BCUT2D eigenvalue weighted by Crippen LogP contribution is 2.27. The van der Waals surface area contributed by atoms with Crippen LogP contribution in [0.5, 0.6) is 0 Å². The van der Waals surface area contributed by atoms with E-state index in [9.17, 15) is 0 Å². The highest BCUT2D eigenvalue weighted by atomic mass is 127. The summed E-state index contributed by atoms with van der Waals surface area (Å²) in [6, 6.07) is 7.07. The molecule has 1 fully saturated rings. The van der Waals surface area contributed by atoms with Crippen LogP contribution < -0.4 is 5.32 Å². The number of benzene rings is 1. The van der Waals surface area contributed by atoms with Gasteiger partial charge in [-0.1, -0.05) is 18.2 Å². The van der Waals surface area contributed by atoms with Crippen LogP contribution in [0.1, 0.15) is 49.3 Å². The van der Waals surface area contributed by atoms with Crippen molar-refractivity contribution in [1.82, 2.24) is 5.32 Å². The lowest BCUT2D eigenvalue weighted by Gasteiger charge is -2.20. The molecule has 0 bridgehead atoms. The Balaban J connectivity index is 1.90. The summed E-state index contributed by atoms with van der Waals surface area (Å²) in [6.07, 6.45) is 6.66. The van der Waals surface area contributed by atoms with Gasteiger partial charge in [-0.2, -0.15) is 0 Å². The summed E-state index contributed by atoms with van der Waals surface area (Å²) in [4.78, 5) is 0. The molecule has 0 radical (unpaired) electrons. The fourth-order valence-corrected chi connectivity index (χ4v) is 3.55. The summed E-state index contributed by atoms with van der Waals surface area (Å²) in [6.45, 7) is 3.15. The van der Waals surface area contributed by atoms with Crippen LogP contribution in [0.2, 0.25) is 0 Å². The van der Waals surface area contributed by atoms with Crippen molar-refractivity contribution >= 4 is 22.6 Å². The Morgan fingerprint density at radius 3 is 3.00 bits per heavy atom. The van der Waals surface area contributed by atoms with Crippen molar-refractivity contribution in [3.63, 3.8) is 0 Å². The Morgan fingerprint density at radius 1 is 1.47 bits per heavy atom. The van der Waals surface area contributed by atoms with Gasteiger partial charge in [-0.05, 0) is 79.8 Å². The second kappa shape index (κ2) is 7.60. The molecule has 1 N–H and O–H groups in total. The summed E-state index contributed by atoms with van der Waals surface area (Å²) < 4.78 is 7.09. The van der Waals surface area contributed by atoms with Crippen molar-refractivity contribution in [3.05, 3.63) is 32.9 Å². The largest absolute Gasteiger partial charge is 0.378 e. The normalized spacial score (nSPS) is 20.7. The lowest BCUT2D eigenvalue weighted by Crippen LogP contribution is -2.18. The van der Waals surface area contributed by atoms with E-state index >= 15 is 0 Å². The minimum atomic E-state index is 0.466. The van der Waals surface area contributed by atoms with Gasteiger partial charge in [0.2, 0.25) is 0 Å². The molecule has 2 atom stereocenters. The van der Waals surface area contributed by atoms with Crippen LogP contribution in [-0.2, 0) is 4.74 Å². The zero-order chi connectivity index (χ0) is 13.7. The topological polar surface area (TPSA) is 21.3 Å². The number of hydrogen-bond acceptors (Lipinski definition) is 2. The summed E-state index contributed by atoms with van der Waals surface area (Å²) >= 11 is 2.47. The molecule has 0 saturated carbocycles. The summed E-state index contributed by atoms with van der Waals surface area (Å²) in [7, 11) is 2.06. The molecule has 3 heteroatoms. The molecular weight excluding hydrogens is 349 g/mol. The highest BCUT2D eigenvalue weighted by Gasteiger charge is 2.17. The average molecular weight is 373 g/mol. The number of ether oxygens (including phenoxy) is 1. The van der Waals surface area contributed by atoms with Gasteiger partial charge in [0.15, 0.2) is 0 Å². The lowest BCUT2D eigenvalue weighted by atomic mass is 9.98. The first-order valence-electron chi connectivity index (χ1n) is 7.26. The number of rotatable bonds is 6. The van der Waals surface area contributed by atoms with Crippen LogP contribution in [0.4, 0.5) is 0 Å². The Hall–Kier alpha value is -0.130. The van der Waals surface area contributed by atoms with Gasteiger partial charge in [0, 0.05) is 16.2 Å². The van der Waals surface area contributed by atoms with Crippen LogP contribution >= 0.6 is 22.6 Å². The molecule has 1 aliphatic rings. The van der Waals surface area contributed by atoms with Crippen LogP contribution in [-0.4, -0.2) is 19.8 Å². The third kappa shape index (κ3) is 4.17. The van der Waals surface area contributed by atoms with E-state index in [1.807, 2.05) is 0 Å². The van der Waals surface area contributed by atoms with Gasteiger partial charge in [0.05, 0.1) is 6.10 Å². The molecule has 1 saturated heterocycles. The Labute approximate surface area is 130 Å². The molecule has 106 valence electrons. The molecule has 1 aromatic carbocycles. The molecule has 2 unspecified atom stereocenters. The van der Waals surface area contributed by atoms with Gasteiger partial charge in [-0.15, -0.1) is 0 Å². The van der Waals surface area contributed by atoms with Crippen LogP contribution in [0, 0.1) is 10.5 Å². The van der Waals surface area contributed by atoms with E-state index in [-0.39, 0.29) is 0 Å². The lowest BCUT2D eigenvalue weighted by molar-refractivity contribution is 0.101. The average Bonchev–Trinajstić information content (AvgIpc) is 2.92. The Kier molecular flexibility index (Phi) is 6.10. The fraction of sp³-hybridized carbons (Fsp3) is 0.625. The molecule has 1 heterocycles. The smallest absolute Gasteiger partial charge is 0.0576 e. The van der Waals surface area contributed by atoms with Crippen molar-refractivity contribution < 1.29 is 4.74 Å². The van der Waals surface area contributed by atoms with Gasteiger partial charge >= 0.3 is 0 Å². The van der Waals surface area contributed by atoms with E-state index in [2.05, 4.69) is 60.1 Å². The standard InChI is InChI=1S/C16H24INO/c1-12-6-3-9-14(16(12)17)15(18-2)10-4-7-13-8-5-11-19-13/h3,6,9,13,15,18H,4-5,7-8,10-11H2,1-2H3. The first-order valence-corrected chi connectivity index (χ1v) is 8.34. The van der Waals surface area contributed by atoms with Crippen molar-refractivity contribution in [1.29, 1.82) is 0 Å². The summed E-state index contributed by atoms with van der Waals surface area (Å²) in [5.74, 6) is 0. The van der Waals surface area contributed by atoms with Crippen molar-refractivity contribution in [2.45, 2.75) is 51.2 Å². The van der Waals surface area contributed by atoms with E-state index < -0.39 is 0 Å². The maximum absolute atomic E-state index is 5.70.